The first-order chi connectivity index (χ1) is 7.72. The Morgan fingerprint density at radius 3 is 2.69 bits per heavy atom. The van der Waals surface area contributed by atoms with Crippen LogP contribution in [0.25, 0.3) is 0 Å². The number of ether oxygens (including phenoxy) is 2. The summed E-state index contributed by atoms with van der Waals surface area (Å²) in [6, 6.07) is 9.46. The Bertz CT molecular complexity index is 387. The number of hydrogen-bond acceptors (Lipinski definition) is 3. The van der Waals surface area contributed by atoms with Gasteiger partial charge in [-0.15, -0.1) is 0 Å². The van der Waals surface area contributed by atoms with Crippen LogP contribution in [-0.2, 0) is 20.9 Å². The van der Waals surface area contributed by atoms with E-state index < -0.39 is 5.97 Å². The minimum atomic E-state index is -0.534. The molecule has 0 unspecified atom stereocenters. The van der Waals surface area contributed by atoms with E-state index >= 15 is 0 Å². The van der Waals surface area contributed by atoms with Gasteiger partial charge in [-0.25, -0.2) is 4.79 Å². The summed E-state index contributed by atoms with van der Waals surface area (Å²) in [5.41, 5.74) is 0.942. The highest BCUT2D eigenvalue weighted by Gasteiger charge is 1.98. The number of hydrogen-bond donors (Lipinski definition) is 0. The van der Waals surface area contributed by atoms with E-state index in [9.17, 15) is 4.79 Å². The van der Waals surface area contributed by atoms with Crippen LogP contribution in [0.4, 0.5) is 0 Å². The van der Waals surface area contributed by atoms with Crippen molar-refractivity contribution in [1.82, 2.24) is 0 Å². The third-order valence-electron chi connectivity index (χ3n) is 1.94. The van der Waals surface area contributed by atoms with E-state index in [2.05, 4.69) is 11.8 Å². The summed E-state index contributed by atoms with van der Waals surface area (Å²) >= 11 is 0. The molecule has 3 heteroatoms. The summed E-state index contributed by atoms with van der Waals surface area (Å²) in [6.07, 6.45) is -0.260. The van der Waals surface area contributed by atoms with E-state index in [4.69, 9.17) is 9.47 Å². The van der Waals surface area contributed by atoms with Crippen molar-refractivity contribution >= 4 is 5.97 Å². The van der Waals surface area contributed by atoms with Gasteiger partial charge in [0.1, 0.15) is 12.7 Å². The molecule has 0 N–H and O–H groups in total. The molecule has 1 atom stereocenters. The third-order valence-corrected chi connectivity index (χ3v) is 1.94. The molecular weight excluding hydrogens is 204 g/mol. The monoisotopic (exact) mass is 218 g/mol. The molecule has 1 aromatic rings. The van der Waals surface area contributed by atoms with Gasteiger partial charge >= 0.3 is 5.97 Å². The van der Waals surface area contributed by atoms with Gasteiger partial charge in [-0.1, -0.05) is 36.3 Å². The summed E-state index contributed by atoms with van der Waals surface area (Å²) in [4.78, 5) is 11.2. The number of carbonyl (C=O) groups is 1. The second kappa shape index (κ2) is 6.65. The van der Waals surface area contributed by atoms with Crippen LogP contribution in [0.1, 0.15) is 12.5 Å². The lowest BCUT2D eigenvalue weighted by molar-refractivity contribution is -0.137. The SMILES string of the molecule is CO[C@H](C)C#CC(=O)OCc1ccccc1. The lowest BCUT2D eigenvalue weighted by atomic mass is 10.2. The molecule has 0 aliphatic rings. The van der Waals surface area contributed by atoms with Gasteiger partial charge in [0, 0.05) is 13.0 Å². The molecule has 0 bridgehead atoms. The fourth-order valence-corrected chi connectivity index (χ4v) is 0.979. The van der Waals surface area contributed by atoms with Gasteiger partial charge in [0.2, 0.25) is 0 Å². The van der Waals surface area contributed by atoms with Crippen LogP contribution in [-0.4, -0.2) is 19.2 Å². The molecule has 0 aromatic heterocycles. The molecule has 0 saturated carbocycles. The predicted molar refractivity (Wildman–Crippen MR) is 60.5 cm³/mol. The molecule has 0 fully saturated rings. The first-order valence-corrected chi connectivity index (χ1v) is 4.97. The predicted octanol–water partition coefficient (Wildman–Crippen LogP) is 1.77. The summed E-state index contributed by atoms with van der Waals surface area (Å²) in [5.74, 6) is 4.45. The van der Waals surface area contributed by atoms with E-state index in [-0.39, 0.29) is 12.7 Å². The highest BCUT2D eigenvalue weighted by molar-refractivity contribution is 5.88. The number of carbonyl (C=O) groups excluding carboxylic acids is 1. The van der Waals surface area contributed by atoms with Crippen molar-refractivity contribution in [2.45, 2.75) is 19.6 Å². The summed E-state index contributed by atoms with van der Waals surface area (Å²) < 4.78 is 9.84. The number of esters is 1. The quantitative estimate of drug-likeness (QED) is 0.440. The van der Waals surface area contributed by atoms with Crippen LogP contribution in [0.2, 0.25) is 0 Å². The van der Waals surface area contributed by atoms with Gasteiger partial charge in [0.05, 0.1) is 0 Å². The van der Waals surface area contributed by atoms with Crippen molar-refractivity contribution in [3.8, 4) is 11.8 Å². The molecule has 0 aliphatic heterocycles. The minimum absolute atomic E-state index is 0.246. The van der Waals surface area contributed by atoms with Gasteiger partial charge in [-0.3, -0.25) is 0 Å². The second-order valence-electron chi connectivity index (χ2n) is 3.21. The third kappa shape index (κ3) is 4.63. The molecule has 16 heavy (non-hydrogen) atoms. The topological polar surface area (TPSA) is 35.5 Å². The Hall–Kier alpha value is -1.79. The fraction of sp³-hybridized carbons (Fsp3) is 0.308. The van der Waals surface area contributed by atoms with Crippen molar-refractivity contribution in [2.75, 3.05) is 7.11 Å². The van der Waals surface area contributed by atoms with Gasteiger partial charge < -0.3 is 9.47 Å². The molecular formula is C13H14O3. The normalized spacial score (nSPS) is 11.1. The lowest BCUT2D eigenvalue weighted by Gasteiger charge is -2.00. The molecule has 0 saturated heterocycles. The van der Waals surface area contributed by atoms with Crippen molar-refractivity contribution in [1.29, 1.82) is 0 Å². The number of benzene rings is 1. The highest BCUT2D eigenvalue weighted by Crippen LogP contribution is 2.00. The molecule has 0 aliphatic carbocycles. The van der Waals surface area contributed by atoms with E-state index in [1.807, 2.05) is 30.3 Å². The first-order valence-electron chi connectivity index (χ1n) is 4.97. The molecule has 0 heterocycles. The van der Waals surface area contributed by atoms with Gasteiger partial charge in [-0.05, 0) is 12.5 Å². The average Bonchev–Trinajstić information content (AvgIpc) is 2.34. The Balaban J connectivity index is 2.38. The largest absolute Gasteiger partial charge is 0.451 e. The summed E-state index contributed by atoms with van der Waals surface area (Å²) in [5, 5.41) is 0. The zero-order valence-corrected chi connectivity index (χ0v) is 9.40. The maximum Gasteiger partial charge on any atom is 0.384 e. The maximum atomic E-state index is 11.2. The van der Waals surface area contributed by atoms with Crippen molar-refractivity contribution < 1.29 is 14.3 Å². The van der Waals surface area contributed by atoms with E-state index in [1.165, 1.54) is 7.11 Å². The zero-order valence-electron chi connectivity index (χ0n) is 9.40. The van der Waals surface area contributed by atoms with E-state index in [1.54, 1.807) is 6.92 Å². The zero-order chi connectivity index (χ0) is 11.8. The molecule has 0 spiro atoms. The van der Waals surface area contributed by atoms with E-state index in [0.29, 0.717) is 0 Å². The number of rotatable bonds is 3. The molecule has 84 valence electrons. The van der Waals surface area contributed by atoms with Crippen molar-refractivity contribution in [2.24, 2.45) is 0 Å². The Morgan fingerprint density at radius 1 is 1.38 bits per heavy atom. The Kier molecular flexibility index (Phi) is 5.10. The second-order valence-corrected chi connectivity index (χ2v) is 3.21. The van der Waals surface area contributed by atoms with Crippen LogP contribution in [0, 0.1) is 11.8 Å². The molecule has 0 amide bonds. The van der Waals surface area contributed by atoms with Gasteiger partial charge in [-0.2, -0.15) is 0 Å². The molecule has 1 rings (SSSR count). The van der Waals surface area contributed by atoms with Crippen molar-refractivity contribution in [3.05, 3.63) is 35.9 Å². The Morgan fingerprint density at radius 2 is 2.06 bits per heavy atom. The molecule has 0 radical (unpaired) electrons. The highest BCUT2D eigenvalue weighted by atomic mass is 16.5. The lowest BCUT2D eigenvalue weighted by Crippen LogP contribution is -2.04. The Labute approximate surface area is 95.4 Å². The van der Waals surface area contributed by atoms with Crippen LogP contribution in [0.5, 0.6) is 0 Å². The summed E-state index contributed by atoms with van der Waals surface area (Å²) in [6.45, 7) is 2.01. The molecule has 3 nitrogen and oxygen atoms in total. The fourth-order valence-electron chi connectivity index (χ4n) is 0.979. The number of methoxy groups -OCH3 is 1. The van der Waals surface area contributed by atoms with Crippen LogP contribution < -0.4 is 0 Å². The minimum Gasteiger partial charge on any atom is -0.451 e. The standard InChI is InChI=1S/C13H14O3/c1-11(15-2)8-9-13(14)16-10-12-6-4-3-5-7-12/h3-7,11H,10H2,1-2H3/t11-/m1/s1. The maximum absolute atomic E-state index is 11.2. The van der Waals surface area contributed by atoms with Gasteiger partial charge in [0.15, 0.2) is 0 Å². The summed E-state index contributed by atoms with van der Waals surface area (Å²) in [7, 11) is 1.54. The smallest absolute Gasteiger partial charge is 0.384 e. The van der Waals surface area contributed by atoms with E-state index in [0.717, 1.165) is 5.56 Å². The van der Waals surface area contributed by atoms with Crippen LogP contribution >= 0.6 is 0 Å². The van der Waals surface area contributed by atoms with Gasteiger partial charge in [0.25, 0.3) is 0 Å². The first kappa shape index (κ1) is 12.3. The molecule has 1 aromatic carbocycles. The average molecular weight is 218 g/mol. The van der Waals surface area contributed by atoms with Crippen LogP contribution in [0.3, 0.4) is 0 Å². The van der Waals surface area contributed by atoms with Crippen LogP contribution in [0.15, 0.2) is 30.3 Å². The van der Waals surface area contributed by atoms with Crippen molar-refractivity contribution in [3.63, 3.8) is 0 Å².